The van der Waals surface area contributed by atoms with Crippen molar-refractivity contribution >= 4 is 5.91 Å². The molecule has 0 aliphatic carbocycles. The Hall–Kier alpha value is -0.570. The maximum absolute atomic E-state index is 12.3. The van der Waals surface area contributed by atoms with Crippen LogP contribution in [0.1, 0.15) is 66.2 Å². The zero-order chi connectivity index (χ0) is 14.5. The summed E-state index contributed by atoms with van der Waals surface area (Å²) in [6.45, 7) is 11.6. The summed E-state index contributed by atoms with van der Waals surface area (Å²) in [4.78, 5) is 14.4. The molecule has 112 valence electrons. The van der Waals surface area contributed by atoms with E-state index in [-0.39, 0.29) is 5.41 Å². The first-order valence-electron chi connectivity index (χ1n) is 7.86. The second kappa shape index (κ2) is 6.74. The summed E-state index contributed by atoms with van der Waals surface area (Å²) >= 11 is 0. The highest BCUT2D eigenvalue weighted by Gasteiger charge is 2.36. The van der Waals surface area contributed by atoms with Crippen LogP contribution in [-0.2, 0) is 4.79 Å². The number of rotatable bonds is 7. The van der Waals surface area contributed by atoms with Crippen LogP contribution in [0.25, 0.3) is 0 Å². The summed E-state index contributed by atoms with van der Waals surface area (Å²) < 4.78 is 0. The van der Waals surface area contributed by atoms with Crippen molar-refractivity contribution in [3.05, 3.63) is 0 Å². The van der Waals surface area contributed by atoms with Crippen molar-refractivity contribution in [2.45, 2.75) is 66.2 Å². The fraction of sp³-hybridized carbons (Fsp3) is 0.938. The number of hydrogen-bond acceptors (Lipinski definition) is 2. The molecule has 1 rings (SSSR count). The van der Waals surface area contributed by atoms with Gasteiger partial charge in [0.2, 0.25) is 5.91 Å². The molecule has 0 aromatic heterocycles. The quantitative estimate of drug-likeness (QED) is 0.771. The van der Waals surface area contributed by atoms with Crippen LogP contribution in [0.4, 0.5) is 0 Å². The van der Waals surface area contributed by atoms with E-state index in [1.54, 1.807) is 0 Å². The lowest BCUT2D eigenvalue weighted by atomic mass is 9.82. The standard InChI is InChI=1S/C16H32N2O/c1-5-16(6-2)10-12-18(13-16)14(19)7-8-15(3,4)9-11-17/h5-13,17H2,1-4H3. The molecule has 19 heavy (non-hydrogen) atoms. The van der Waals surface area contributed by atoms with Crippen LogP contribution in [0.3, 0.4) is 0 Å². The van der Waals surface area contributed by atoms with Gasteiger partial charge in [-0.3, -0.25) is 4.79 Å². The summed E-state index contributed by atoms with van der Waals surface area (Å²) in [5.41, 5.74) is 6.20. The summed E-state index contributed by atoms with van der Waals surface area (Å²) in [6, 6.07) is 0. The molecule has 1 saturated heterocycles. The van der Waals surface area contributed by atoms with Crippen molar-refractivity contribution in [2.24, 2.45) is 16.6 Å². The molecule has 3 heteroatoms. The second-order valence-corrected chi connectivity index (χ2v) is 6.98. The Morgan fingerprint density at radius 1 is 1.26 bits per heavy atom. The topological polar surface area (TPSA) is 46.3 Å². The Morgan fingerprint density at radius 3 is 2.37 bits per heavy atom. The van der Waals surface area contributed by atoms with Crippen LogP contribution in [0.5, 0.6) is 0 Å². The Bertz CT molecular complexity index is 295. The van der Waals surface area contributed by atoms with Crippen LogP contribution in [0.2, 0.25) is 0 Å². The SMILES string of the molecule is CCC1(CC)CCN(C(=O)CCC(C)(C)CCN)C1. The number of likely N-dealkylation sites (tertiary alicyclic amines) is 1. The van der Waals surface area contributed by atoms with E-state index >= 15 is 0 Å². The number of hydrogen-bond donors (Lipinski definition) is 1. The number of nitrogens with two attached hydrogens (primary N) is 1. The summed E-state index contributed by atoms with van der Waals surface area (Å²) in [5.74, 6) is 0.342. The Labute approximate surface area is 118 Å². The van der Waals surface area contributed by atoms with Gasteiger partial charge in [-0.1, -0.05) is 27.7 Å². The maximum atomic E-state index is 12.3. The van der Waals surface area contributed by atoms with Crippen molar-refractivity contribution < 1.29 is 4.79 Å². The molecule has 0 bridgehead atoms. The van der Waals surface area contributed by atoms with Gasteiger partial charge in [-0.25, -0.2) is 0 Å². The van der Waals surface area contributed by atoms with Crippen molar-refractivity contribution in [3.63, 3.8) is 0 Å². The first kappa shape index (κ1) is 16.5. The van der Waals surface area contributed by atoms with Crippen LogP contribution >= 0.6 is 0 Å². The minimum absolute atomic E-state index is 0.191. The summed E-state index contributed by atoms with van der Waals surface area (Å²) in [5, 5.41) is 0. The number of carbonyl (C=O) groups excluding carboxylic acids is 1. The molecule has 0 radical (unpaired) electrons. The highest BCUT2D eigenvalue weighted by molar-refractivity contribution is 5.76. The molecule has 0 aromatic carbocycles. The minimum atomic E-state index is 0.191. The third-order valence-electron chi connectivity index (χ3n) is 5.13. The number of nitrogens with zero attached hydrogens (tertiary/aromatic N) is 1. The van der Waals surface area contributed by atoms with E-state index in [2.05, 4.69) is 32.6 Å². The van der Waals surface area contributed by atoms with E-state index in [1.165, 1.54) is 19.3 Å². The molecule has 1 aliphatic heterocycles. The van der Waals surface area contributed by atoms with Crippen molar-refractivity contribution in [3.8, 4) is 0 Å². The smallest absolute Gasteiger partial charge is 0.222 e. The van der Waals surface area contributed by atoms with Crippen molar-refractivity contribution in [1.82, 2.24) is 4.90 Å². The van der Waals surface area contributed by atoms with E-state index in [1.807, 2.05) is 0 Å². The fourth-order valence-corrected chi connectivity index (χ4v) is 3.09. The van der Waals surface area contributed by atoms with Gasteiger partial charge < -0.3 is 10.6 Å². The molecule has 1 aliphatic rings. The van der Waals surface area contributed by atoms with Gasteiger partial charge in [-0.15, -0.1) is 0 Å². The van der Waals surface area contributed by atoms with Crippen LogP contribution in [0.15, 0.2) is 0 Å². The third-order valence-corrected chi connectivity index (χ3v) is 5.13. The van der Waals surface area contributed by atoms with Crippen molar-refractivity contribution in [2.75, 3.05) is 19.6 Å². The maximum Gasteiger partial charge on any atom is 0.222 e. The number of amides is 1. The van der Waals surface area contributed by atoms with E-state index in [9.17, 15) is 4.79 Å². The molecular weight excluding hydrogens is 236 g/mol. The van der Waals surface area contributed by atoms with Gasteiger partial charge in [0.1, 0.15) is 0 Å². The van der Waals surface area contributed by atoms with Gasteiger partial charge >= 0.3 is 0 Å². The molecule has 1 heterocycles. The summed E-state index contributed by atoms with van der Waals surface area (Å²) in [7, 11) is 0. The number of carbonyl (C=O) groups is 1. The molecule has 3 nitrogen and oxygen atoms in total. The monoisotopic (exact) mass is 268 g/mol. The molecule has 0 spiro atoms. The van der Waals surface area contributed by atoms with E-state index in [0.29, 0.717) is 24.3 Å². The molecule has 0 unspecified atom stereocenters. The average molecular weight is 268 g/mol. The lowest BCUT2D eigenvalue weighted by Gasteiger charge is -2.28. The van der Waals surface area contributed by atoms with E-state index in [0.717, 1.165) is 25.9 Å². The Balaban J connectivity index is 2.44. The highest BCUT2D eigenvalue weighted by atomic mass is 16.2. The van der Waals surface area contributed by atoms with E-state index in [4.69, 9.17) is 5.73 Å². The van der Waals surface area contributed by atoms with Gasteiger partial charge in [0.25, 0.3) is 0 Å². The Morgan fingerprint density at radius 2 is 1.89 bits per heavy atom. The highest BCUT2D eigenvalue weighted by Crippen LogP contribution is 2.37. The van der Waals surface area contributed by atoms with Crippen LogP contribution < -0.4 is 5.73 Å². The zero-order valence-electron chi connectivity index (χ0n) is 13.3. The minimum Gasteiger partial charge on any atom is -0.342 e. The van der Waals surface area contributed by atoms with Gasteiger partial charge in [0.15, 0.2) is 0 Å². The molecular formula is C16H32N2O. The molecule has 2 N–H and O–H groups in total. The van der Waals surface area contributed by atoms with Crippen LogP contribution in [0, 0.1) is 10.8 Å². The van der Waals surface area contributed by atoms with Crippen molar-refractivity contribution in [1.29, 1.82) is 0 Å². The lowest BCUT2D eigenvalue weighted by Crippen LogP contribution is -2.32. The summed E-state index contributed by atoms with van der Waals surface area (Å²) in [6.07, 6.45) is 6.17. The second-order valence-electron chi connectivity index (χ2n) is 6.98. The first-order valence-corrected chi connectivity index (χ1v) is 7.86. The van der Waals surface area contributed by atoms with Gasteiger partial charge in [-0.2, -0.15) is 0 Å². The third kappa shape index (κ3) is 4.48. The molecule has 1 fully saturated rings. The van der Waals surface area contributed by atoms with Gasteiger partial charge in [-0.05, 0) is 49.5 Å². The molecule has 0 atom stereocenters. The predicted octanol–water partition coefficient (Wildman–Crippen LogP) is 3.18. The predicted molar refractivity (Wildman–Crippen MR) is 80.9 cm³/mol. The molecule has 1 amide bonds. The van der Waals surface area contributed by atoms with Gasteiger partial charge in [0, 0.05) is 19.5 Å². The largest absolute Gasteiger partial charge is 0.342 e. The van der Waals surface area contributed by atoms with E-state index < -0.39 is 0 Å². The average Bonchev–Trinajstić information content (AvgIpc) is 2.81. The molecule has 0 saturated carbocycles. The normalized spacial score (nSPS) is 18.9. The zero-order valence-corrected chi connectivity index (χ0v) is 13.3. The Kier molecular flexibility index (Phi) is 5.84. The first-order chi connectivity index (χ1) is 8.88. The van der Waals surface area contributed by atoms with Gasteiger partial charge in [0.05, 0.1) is 0 Å². The fourth-order valence-electron chi connectivity index (χ4n) is 3.09. The lowest BCUT2D eigenvalue weighted by molar-refractivity contribution is -0.131. The molecule has 0 aromatic rings. The van der Waals surface area contributed by atoms with Crippen LogP contribution in [-0.4, -0.2) is 30.4 Å².